The summed E-state index contributed by atoms with van der Waals surface area (Å²) in [5, 5.41) is 1.06. The van der Waals surface area contributed by atoms with E-state index >= 15 is 0 Å². The minimum Gasteiger partial charge on any atom is -0.248 e. The molecule has 1 aromatic heterocycles. The monoisotopic (exact) mass is 295 g/mol. The molecule has 2 heterocycles. The zero-order valence-electron chi connectivity index (χ0n) is 7.44. The highest BCUT2D eigenvalue weighted by atomic mass is 79.9. The summed E-state index contributed by atoms with van der Waals surface area (Å²) in [4.78, 5) is 4.26. The van der Waals surface area contributed by atoms with Crippen LogP contribution in [0.15, 0.2) is 9.98 Å². The molecule has 0 radical (unpaired) electrons. The molecule has 0 aliphatic carbocycles. The SMILES string of the molecule is O=S1(=O)CCC(c2ncc(Br)s2)CC1. The van der Waals surface area contributed by atoms with E-state index < -0.39 is 9.84 Å². The van der Waals surface area contributed by atoms with E-state index in [-0.39, 0.29) is 0 Å². The molecule has 1 aromatic rings. The Labute approximate surface area is 95.6 Å². The molecule has 3 nitrogen and oxygen atoms in total. The summed E-state index contributed by atoms with van der Waals surface area (Å²) < 4.78 is 23.4. The van der Waals surface area contributed by atoms with Gasteiger partial charge in [0, 0.05) is 5.92 Å². The van der Waals surface area contributed by atoms with Crippen LogP contribution < -0.4 is 0 Å². The van der Waals surface area contributed by atoms with Crippen molar-refractivity contribution in [3.05, 3.63) is 15.0 Å². The first-order valence-corrected chi connectivity index (χ1v) is 7.81. The fourth-order valence-corrected chi connectivity index (χ4v) is 4.50. The number of halogens is 1. The quantitative estimate of drug-likeness (QED) is 0.798. The molecule has 1 fully saturated rings. The van der Waals surface area contributed by atoms with Crippen molar-refractivity contribution in [2.24, 2.45) is 0 Å². The summed E-state index contributed by atoms with van der Waals surface area (Å²) in [5.41, 5.74) is 0. The average molecular weight is 296 g/mol. The third kappa shape index (κ3) is 2.35. The van der Waals surface area contributed by atoms with Crippen LogP contribution in [0.25, 0.3) is 0 Å². The molecule has 0 spiro atoms. The lowest BCUT2D eigenvalue weighted by atomic mass is 10.0. The molecule has 0 saturated carbocycles. The maximum absolute atomic E-state index is 11.2. The second kappa shape index (κ2) is 3.90. The van der Waals surface area contributed by atoms with Gasteiger partial charge in [0.05, 0.1) is 26.5 Å². The maximum Gasteiger partial charge on any atom is 0.150 e. The fraction of sp³-hybridized carbons (Fsp3) is 0.625. The second-order valence-corrected chi connectivity index (χ2v) is 8.17. The van der Waals surface area contributed by atoms with Crippen molar-refractivity contribution < 1.29 is 8.42 Å². The van der Waals surface area contributed by atoms with Crippen LogP contribution in [0.1, 0.15) is 23.8 Å². The predicted molar refractivity (Wildman–Crippen MR) is 60.4 cm³/mol. The summed E-state index contributed by atoms with van der Waals surface area (Å²) >= 11 is 4.96. The summed E-state index contributed by atoms with van der Waals surface area (Å²) in [7, 11) is -2.75. The molecule has 1 aliphatic rings. The molecule has 14 heavy (non-hydrogen) atoms. The van der Waals surface area contributed by atoms with E-state index in [2.05, 4.69) is 20.9 Å². The molecule has 0 atom stereocenters. The van der Waals surface area contributed by atoms with Crippen LogP contribution in [0.4, 0.5) is 0 Å². The van der Waals surface area contributed by atoms with Gasteiger partial charge >= 0.3 is 0 Å². The largest absolute Gasteiger partial charge is 0.248 e. The van der Waals surface area contributed by atoms with Crippen LogP contribution in [-0.2, 0) is 9.84 Å². The van der Waals surface area contributed by atoms with Gasteiger partial charge in [-0.05, 0) is 28.8 Å². The van der Waals surface area contributed by atoms with Crippen LogP contribution in [0, 0.1) is 0 Å². The minimum absolute atomic E-state index is 0.314. The molecule has 2 rings (SSSR count). The third-order valence-corrected chi connectivity index (χ3v) is 5.75. The summed E-state index contributed by atoms with van der Waals surface area (Å²) in [6.07, 6.45) is 3.23. The highest BCUT2D eigenvalue weighted by molar-refractivity contribution is 9.11. The van der Waals surface area contributed by atoms with E-state index in [1.54, 1.807) is 17.5 Å². The van der Waals surface area contributed by atoms with E-state index in [4.69, 9.17) is 0 Å². The van der Waals surface area contributed by atoms with Crippen molar-refractivity contribution in [2.75, 3.05) is 11.5 Å². The lowest BCUT2D eigenvalue weighted by Crippen LogP contribution is -2.21. The molecule has 0 unspecified atom stereocenters. The van der Waals surface area contributed by atoms with E-state index in [1.165, 1.54) is 0 Å². The third-order valence-electron chi connectivity index (χ3n) is 2.40. The van der Waals surface area contributed by atoms with Crippen molar-refractivity contribution in [1.82, 2.24) is 4.98 Å². The molecule has 1 aliphatic heterocycles. The Bertz CT molecular complexity index is 412. The van der Waals surface area contributed by atoms with Gasteiger partial charge in [0.1, 0.15) is 9.84 Å². The molecule has 0 N–H and O–H groups in total. The van der Waals surface area contributed by atoms with Gasteiger partial charge in [-0.15, -0.1) is 11.3 Å². The fourth-order valence-electron chi connectivity index (χ4n) is 1.59. The number of thiazole rings is 1. The number of sulfone groups is 1. The van der Waals surface area contributed by atoms with Crippen molar-refractivity contribution in [3.8, 4) is 0 Å². The van der Waals surface area contributed by atoms with Crippen LogP contribution >= 0.6 is 27.3 Å². The summed E-state index contributed by atoms with van der Waals surface area (Å²) in [6.45, 7) is 0. The standard InChI is InChI=1S/C8H10BrNO2S2/c9-7-5-10-8(13-7)6-1-3-14(11,12)4-2-6/h5-6H,1-4H2. The predicted octanol–water partition coefficient (Wildman–Crippen LogP) is 2.20. The van der Waals surface area contributed by atoms with Crippen LogP contribution in [0.5, 0.6) is 0 Å². The van der Waals surface area contributed by atoms with Gasteiger partial charge in [-0.25, -0.2) is 13.4 Å². The number of nitrogens with zero attached hydrogens (tertiary/aromatic N) is 1. The van der Waals surface area contributed by atoms with Gasteiger partial charge < -0.3 is 0 Å². The van der Waals surface area contributed by atoms with Gasteiger partial charge in [-0.1, -0.05) is 0 Å². The molecule has 1 saturated heterocycles. The number of hydrogen-bond donors (Lipinski definition) is 0. The second-order valence-electron chi connectivity index (χ2n) is 3.43. The van der Waals surface area contributed by atoms with Crippen LogP contribution in [-0.4, -0.2) is 24.9 Å². The zero-order valence-corrected chi connectivity index (χ0v) is 10.7. The minimum atomic E-state index is -2.75. The van der Waals surface area contributed by atoms with Crippen molar-refractivity contribution >= 4 is 37.1 Å². The zero-order chi connectivity index (χ0) is 10.2. The molecular formula is C8H10BrNO2S2. The smallest absolute Gasteiger partial charge is 0.150 e. The Morgan fingerprint density at radius 1 is 1.43 bits per heavy atom. The molecule has 0 aromatic carbocycles. The average Bonchev–Trinajstić information content (AvgIpc) is 2.52. The van der Waals surface area contributed by atoms with Gasteiger partial charge in [0.2, 0.25) is 0 Å². The highest BCUT2D eigenvalue weighted by Crippen LogP contribution is 2.33. The topological polar surface area (TPSA) is 47.0 Å². The Morgan fingerprint density at radius 2 is 2.07 bits per heavy atom. The van der Waals surface area contributed by atoms with Gasteiger partial charge in [0.25, 0.3) is 0 Å². The number of aromatic nitrogens is 1. The summed E-state index contributed by atoms with van der Waals surface area (Å²) in [6, 6.07) is 0. The lowest BCUT2D eigenvalue weighted by molar-refractivity contribution is 0.549. The molecule has 0 bridgehead atoms. The number of hydrogen-bond acceptors (Lipinski definition) is 4. The maximum atomic E-state index is 11.2. The Kier molecular flexibility index (Phi) is 2.95. The van der Waals surface area contributed by atoms with E-state index in [0.29, 0.717) is 17.4 Å². The molecule has 0 amide bonds. The summed E-state index contributed by atoms with van der Waals surface area (Å²) in [5.74, 6) is 0.971. The van der Waals surface area contributed by atoms with Gasteiger partial charge in [0.15, 0.2) is 0 Å². The van der Waals surface area contributed by atoms with E-state index in [9.17, 15) is 8.42 Å². The molecular weight excluding hydrogens is 286 g/mol. The first-order valence-electron chi connectivity index (χ1n) is 4.38. The number of rotatable bonds is 1. The first-order chi connectivity index (χ1) is 6.57. The normalized spacial score (nSPS) is 22.4. The molecule has 78 valence electrons. The van der Waals surface area contributed by atoms with E-state index in [0.717, 1.165) is 21.6 Å². The van der Waals surface area contributed by atoms with E-state index in [1.807, 2.05) is 0 Å². The first kappa shape index (κ1) is 10.6. The van der Waals surface area contributed by atoms with Crippen LogP contribution in [0.3, 0.4) is 0 Å². The Morgan fingerprint density at radius 3 is 2.57 bits per heavy atom. The van der Waals surface area contributed by atoms with Crippen molar-refractivity contribution in [1.29, 1.82) is 0 Å². The van der Waals surface area contributed by atoms with Gasteiger partial charge in [-0.2, -0.15) is 0 Å². The Balaban J connectivity index is 2.09. The molecule has 6 heteroatoms. The van der Waals surface area contributed by atoms with Crippen molar-refractivity contribution in [2.45, 2.75) is 18.8 Å². The highest BCUT2D eigenvalue weighted by Gasteiger charge is 2.26. The van der Waals surface area contributed by atoms with Crippen LogP contribution in [0.2, 0.25) is 0 Å². The van der Waals surface area contributed by atoms with Gasteiger partial charge in [-0.3, -0.25) is 0 Å². The van der Waals surface area contributed by atoms with Crippen molar-refractivity contribution in [3.63, 3.8) is 0 Å². The lowest BCUT2D eigenvalue weighted by Gasteiger charge is -2.19. The Hall–Kier alpha value is 0.0600.